The number of hydrogen-bond donors (Lipinski definition) is 0. The van der Waals surface area contributed by atoms with Crippen molar-refractivity contribution < 1.29 is 43.6 Å². The van der Waals surface area contributed by atoms with Gasteiger partial charge in [-0.05, 0) is 33.6 Å². The predicted octanol–water partition coefficient (Wildman–Crippen LogP) is 3.62. The molecule has 0 aliphatic heterocycles. The number of carbonyl (C=O) groups is 2. The summed E-state index contributed by atoms with van der Waals surface area (Å²) in [5.74, 6) is 0. The van der Waals surface area contributed by atoms with Crippen molar-refractivity contribution in [3.05, 3.63) is 20.2 Å². The van der Waals surface area contributed by atoms with Crippen LogP contribution in [-0.2, 0) is 23.9 Å². The highest BCUT2D eigenvalue weighted by Crippen LogP contribution is 2.12. The number of ether oxygens (including phenoxy) is 3. The normalized spacial score (nSPS) is 14.1. The second kappa shape index (κ2) is 16.0. The van der Waals surface area contributed by atoms with Crippen LogP contribution in [0, 0.1) is 20.2 Å². The van der Waals surface area contributed by atoms with E-state index in [-0.39, 0.29) is 19.4 Å². The summed E-state index contributed by atoms with van der Waals surface area (Å²) < 4.78 is 13.2. The van der Waals surface area contributed by atoms with Gasteiger partial charge >= 0.3 is 11.6 Å². The average Bonchev–Trinajstić information content (AvgIpc) is 2.47. The molecular weight excluding hydrogens is 454 g/mol. The zero-order valence-corrected chi connectivity index (χ0v) is 17.2. The van der Waals surface area contributed by atoms with Crippen molar-refractivity contribution in [1.29, 1.82) is 0 Å². The lowest BCUT2D eigenvalue weighted by atomic mass is 10.1. The van der Waals surface area contributed by atoms with Gasteiger partial charge in [0.2, 0.25) is 0 Å². The van der Waals surface area contributed by atoms with Gasteiger partial charge < -0.3 is 23.9 Å². The third kappa shape index (κ3) is 20.3. The van der Waals surface area contributed by atoms with E-state index in [1.807, 2.05) is 0 Å². The van der Waals surface area contributed by atoms with Gasteiger partial charge in [0, 0.05) is 11.6 Å². The zero-order valence-electron chi connectivity index (χ0n) is 14.9. The molecule has 0 rings (SSSR count). The first-order valence-corrected chi connectivity index (χ1v) is 8.70. The van der Waals surface area contributed by atoms with E-state index in [4.69, 9.17) is 34.8 Å². The summed E-state index contributed by atoms with van der Waals surface area (Å²) in [4.78, 5) is 49.6. The minimum Gasteiger partial charge on any atom is -0.434 e. The number of rotatable bonds is 11. The molecule has 0 aromatic rings. The lowest BCUT2D eigenvalue weighted by Crippen LogP contribution is -2.33. The van der Waals surface area contributed by atoms with E-state index in [1.54, 1.807) is 0 Å². The Labute approximate surface area is 174 Å². The van der Waals surface area contributed by atoms with Crippen LogP contribution in [-0.4, -0.2) is 51.7 Å². The Bertz CT molecular complexity index is 507. The Balaban J connectivity index is 0. The summed E-state index contributed by atoms with van der Waals surface area (Å²) in [6.45, 7) is 4.05. The van der Waals surface area contributed by atoms with E-state index in [1.165, 1.54) is 20.8 Å². The van der Waals surface area contributed by atoms with Crippen molar-refractivity contribution in [2.75, 3.05) is 6.61 Å². The van der Waals surface area contributed by atoms with E-state index < -0.39 is 45.1 Å². The van der Waals surface area contributed by atoms with Gasteiger partial charge in [0.15, 0.2) is 11.1 Å². The van der Waals surface area contributed by atoms with Crippen LogP contribution in [0.5, 0.6) is 0 Å². The van der Waals surface area contributed by atoms with Gasteiger partial charge in [0.1, 0.15) is 12.2 Å². The number of alkyl halides is 2. The Kier molecular flexibility index (Phi) is 16.1. The van der Waals surface area contributed by atoms with Crippen molar-refractivity contribution in [3.63, 3.8) is 0 Å². The van der Waals surface area contributed by atoms with Crippen molar-refractivity contribution in [2.24, 2.45) is 0 Å². The molecular formula is C12H19Cl3N2O11. The molecule has 0 radical (unpaired) electrons. The van der Waals surface area contributed by atoms with Gasteiger partial charge in [0.05, 0.1) is 6.61 Å². The fourth-order valence-electron chi connectivity index (χ4n) is 1.42. The number of nitrogens with zero attached hydrogens (tertiary/aromatic N) is 2. The molecule has 28 heavy (non-hydrogen) atoms. The Morgan fingerprint density at radius 2 is 1.46 bits per heavy atom. The highest BCUT2D eigenvalue weighted by Gasteiger charge is 2.24. The standard InChI is InChI=1S/C9H15ClN2O9.C3H4Cl2O2/c1-6(20-11(14)15)8(21-12(16)17)4-3-5-18-9(13)19-7(2)10;1-2(4)7-3(5)6/h6-8H,3-5H2,1-2H3;2H,1H3/t6-,7?,8-;/m1./s1. The maximum Gasteiger partial charge on any atom is 0.509 e. The number of carbonyl (C=O) groups excluding carboxylic acids is 2. The summed E-state index contributed by atoms with van der Waals surface area (Å²) >= 11 is 15.3. The van der Waals surface area contributed by atoms with Gasteiger partial charge in [-0.2, -0.15) is 0 Å². The molecule has 4 atom stereocenters. The molecule has 13 nitrogen and oxygen atoms in total. The minimum absolute atomic E-state index is 0.000302. The average molecular weight is 474 g/mol. The molecule has 0 aromatic carbocycles. The van der Waals surface area contributed by atoms with Crippen molar-refractivity contribution in [3.8, 4) is 0 Å². The summed E-state index contributed by atoms with van der Waals surface area (Å²) in [6.07, 6.45) is -3.16. The van der Waals surface area contributed by atoms with Crippen LogP contribution in [0.1, 0.15) is 33.6 Å². The third-order valence-corrected chi connectivity index (χ3v) is 2.63. The third-order valence-electron chi connectivity index (χ3n) is 2.36. The summed E-state index contributed by atoms with van der Waals surface area (Å²) in [7, 11) is 0. The van der Waals surface area contributed by atoms with Crippen LogP contribution in [0.3, 0.4) is 0 Å². The van der Waals surface area contributed by atoms with Crippen LogP contribution in [0.4, 0.5) is 9.59 Å². The maximum atomic E-state index is 11.0. The van der Waals surface area contributed by atoms with Crippen LogP contribution >= 0.6 is 34.8 Å². The van der Waals surface area contributed by atoms with Gasteiger partial charge in [0.25, 0.3) is 10.2 Å². The lowest BCUT2D eigenvalue weighted by molar-refractivity contribution is -0.798. The van der Waals surface area contributed by atoms with Crippen molar-refractivity contribution >= 4 is 46.4 Å². The van der Waals surface area contributed by atoms with Crippen LogP contribution < -0.4 is 0 Å². The zero-order chi connectivity index (χ0) is 22.3. The molecule has 2 unspecified atom stereocenters. The van der Waals surface area contributed by atoms with Gasteiger partial charge in [-0.25, -0.2) is 9.59 Å². The SMILES string of the molecule is CC(Cl)OC(=O)Cl.CC(Cl)OC(=O)OCCC[C@@H](O[N+](=O)[O-])[C@@H](C)O[N+](=O)[O-]. The first-order valence-electron chi connectivity index (χ1n) is 7.45. The van der Waals surface area contributed by atoms with E-state index in [0.717, 1.165) is 0 Å². The van der Waals surface area contributed by atoms with Crippen molar-refractivity contribution in [2.45, 2.75) is 56.9 Å². The topological polar surface area (TPSA) is 167 Å². The van der Waals surface area contributed by atoms with Gasteiger partial charge in [-0.3, -0.25) is 0 Å². The fourth-order valence-corrected chi connectivity index (χ4v) is 1.75. The highest BCUT2D eigenvalue weighted by molar-refractivity contribution is 6.61. The lowest BCUT2D eigenvalue weighted by Gasteiger charge is -2.19. The monoisotopic (exact) mass is 472 g/mol. The van der Waals surface area contributed by atoms with Gasteiger partial charge in [-0.1, -0.05) is 23.2 Å². The fraction of sp³-hybridized carbons (Fsp3) is 0.833. The molecule has 0 amide bonds. The molecule has 0 heterocycles. The summed E-state index contributed by atoms with van der Waals surface area (Å²) in [5, 5.41) is 18.3. The maximum absolute atomic E-state index is 11.0. The van der Waals surface area contributed by atoms with E-state index in [2.05, 4.69) is 23.9 Å². The Morgan fingerprint density at radius 1 is 0.964 bits per heavy atom. The Hall–Kier alpha value is -1.99. The quantitative estimate of drug-likeness (QED) is 0.107. The largest absolute Gasteiger partial charge is 0.509 e. The molecule has 0 aromatic heterocycles. The molecule has 0 bridgehead atoms. The molecule has 0 aliphatic carbocycles. The van der Waals surface area contributed by atoms with Crippen LogP contribution in [0.15, 0.2) is 0 Å². The summed E-state index contributed by atoms with van der Waals surface area (Å²) in [5.41, 5.74) is -2.36. The molecule has 0 saturated heterocycles. The second-order valence-corrected chi connectivity index (χ2v) is 6.24. The molecule has 16 heteroatoms. The number of hydrogen-bond acceptors (Lipinski definition) is 11. The first-order chi connectivity index (χ1) is 12.8. The smallest absolute Gasteiger partial charge is 0.434 e. The molecule has 164 valence electrons. The van der Waals surface area contributed by atoms with E-state index in [0.29, 0.717) is 0 Å². The van der Waals surface area contributed by atoms with Crippen LogP contribution in [0.2, 0.25) is 0 Å². The molecule has 0 fully saturated rings. The number of halogens is 3. The first kappa shape index (κ1) is 28.2. The van der Waals surface area contributed by atoms with E-state index in [9.17, 15) is 29.8 Å². The van der Waals surface area contributed by atoms with E-state index >= 15 is 0 Å². The molecule has 0 spiro atoms. The Morgan fingerprint density at radius 3 is 1.82 bits per heavy atom. The molecule has 0 N–H and O–H groups in total. The van der Waals surface area contributed by atoms with Crippen LogP contribution in [0.25, 0.3) is 0 Å². The van der Waals surface area contributed by atoms with Gasteiger partial charge in [-0.15, -0.1) is 20.2 Å². The molecule has 0 aliphatic rings. The van der Waals surface area contributed by atoms with Crippen molar-refractivity contribution in [1.82, 2.24) is 0 Å². The minimum atomic E-state index is -1.17. The second-order valence-electron chi connectivity index (χ2n) is 4.70. The predicted molar refractivity (Wildman–Crippen MR) is 94.0 cm³/mol. The highest BCUT2D eigenvalue weighted by atomic mass is 35.5. The molecule has 0 saturated carbocycles. The summed E-state index contributed by atoms with van der Waals surface area (Å²) in [6, 6.07) is 0.